The minimum atomic E-state index is -2.86. The van der Waals surface area contributed by atoms with E-state index in [-0.39, 0.29) is 53.2 Å². The summed E-state index contributed by atoms with van der Waals surface area (Å²) in [6, 6.07) is 7.22. The molecule has 3 N–H and O–H groups in total. The highest BCUT2D eigenvalue weighted by Gasteiger charge is 2.40. The number of ether oxygens (including phenoxy) is 2. The number of aromatic nitrogens is 7. The van der Waals surface area contributed by atoms with Crippen molar-refractivity contribution in [2.24, 2.45) is 13.0 Å². The summed E-state index contributed by atoms with van der Waals surface area (Å²) in [5.74, 6) is 0.325. The van der Waals surface area contributed by atoms with Gasteiger partial charge in [0.1, 0.15) is 23.7 Å². The molecule has 5 aromatic rings. The van der Waals surface area contributed by atoms with E-state index in [1.54, 1.807) is 33.3 Å². The van der Waals surface area contributed by atoms with Crippen LogP contribution < -0.4 is 26.1 Å². The first-order valence-corrected chi connectivity index (χ1v) is 22.8. The quantitative estimate of drug-likeness (QED) is 0.176. The van der Waals surface area contributed by atoms with Gasteiger partial charge in [0.05, 0.1) is 65.6 Å². The lowest BCUT2D eigenvalue weighted by molar-refractivity contribution is -0.130. The van der Waals surface area contributed by atoms with Crippen LogP contribution in [0.4, 0.5) is 26.0 Å². The Labute approximate surface area is 367 Å². The molecule has 6 aliphatic rings. The van der Waals surface area contributed by atoms with Crippen molar-refractivity contribution in [1.29, 1.82) is 0 Å². The standard InChI is InChI=1S/C44H54F2N12O6/c1-52-39-33(3-2-4-34(39)58(44(52)62)35-9-10-37(59)50-43(35)61)54-20-30(21-54)64-28-11-14-53(15-12-28)19-25-5-7-26(8-6-25)57-23-32(38(51-57)40(45)46)48-42(60)31-18-47-56-16-13-36(49-41(31)56)55-22-29-17-27(55)24-63-29/h2-4,13,16,18,23,25-30,35,37,40,59H,5-12,14-15,17,19-22,24H2,1H3,(H,48,60)(H,50,61)/t25?,26?,27-,29-,35?,37?/m1/s1. The van der Waals surface area contributed by atoms with Crippen LogP contribution in [0, 0.1) is 5.92 Å². The van der Waals surface area contributed by atoms with Crippen molar-refractivity contribution in [2.45, 2.75) is 107 Å². The molecule has 340 valence electrons. The molecule has 11 rings (SSSR count). The van der Waals surface area contributed by atoms with Crippen molar-refractivity contribution in [3.8, 4) is 0 Å². The van der Waals surface area contributed by atoms with Crippen molar-refractivity contribution in [2.75, 3.05) is 61.0 Å². The minimum absolute atomic E-state index is 0.000260. The van der Waals surface area contributed by atoms with Crippen LogP contribution in [0.2, 0.25) is 0 Å². The van der Waals surface area contributed by atoms with Gasteiger partial charge in [0.15, 0.2) is 11.3 Å². The highest BCUT2D eigenvalue weighted by atomic mass is 19.3. The molecule has 0 spiro atoms. The number of likely N-dealkylation sites (tertiary alicyclic amines) is 1. The number of hydrogen-bond donors (Lipinski definition) is 3. The lowest BCUT2D eigenvalue weighted by Gasteiger charge is -2.44. The predicted octanol–water partition coefficient (Wildman–Crippen LogP) is 3.62. The number of hydrogen-bond acceptors (Lipinski definition) is 12. The second-order valence-electron chi connectivity index (χ2n) is 18.6. The number of aryl methyl sites for hydroxylation is 1. The number of piperidine rings is 2. The summed E-state index contributed by atoms with van der Waals surface area (Å²) in [5.41, 5.74) is 2.30. The summed E-state index contributed by atoms with van der Waals surface area (Å²) >= 11 is 0. The Balaban J connectivity index is 0.652. The van der Waals surface area contributed by atoms with E-state index in [1.807, 2.05) is 24.3 Å². The number of alkyl halides is 2. The molecule has 64 heavy (non-hydrogen) atoms. The molecular formula is C44H54F2N12O6. The van der Waals surface area contributed by atoms with E-state index in [2.05, 4.69) is 35.5 Å². The lowest BCUT2D eigenvalue weighted by atomic mass is 9.85. The second kappa shape index (κ2) is 16.5. The molecule has 18 nitrogen and oxygen atoms in total. The molecule has 2 bridgehead atoms. The van der Waals surface area contributed by atoms with Gasteiger partial charge in [0.25, 0.3) is 12.3 Å². The van der Waals surface area contributed by atoms with Crippen LogP contribution in [0.3, 0.4) is 0 Å². The van der Waals surface area contributed by atoms with E-state index in [9.17, 15) is 28.3 Å². The number of aliphatic hydroxyl groups is 1. The fraction of sp³-hybridized carbons (Fsp3) is 0.591. The van der Waals surface area contributed by atoms with Gasteiger partial charge in [-0.2, -0.15) is 10.2 Å². The SMILES string of the molecule is Cn1c(=O)n(C2CCC(O)NC2=O)c2cccc(N3CC(OC4CCN(CC5CCC(n6cc(NC(=O)c7cnn8ccc(N9C[C@H]%10C[C@@H]9CO%10)nc78)c(C(F)F)n6)CC5)CC4)C3)c21. The Morgan fingerprint density at radius 1 is 1.02 bits per heavy atom. The van der Waals surface area contributed by atoms with Gasteiger partial charge in [-0.1, -0.05) is 6.07 Å². The Morgan fingerprint density at radius 3 is 2.56 bits per heavy atom. The van der Waals surface area contributed by atoms with Crippen molar-refractivity contribution in [1.82, 2.24) is 43.7 Å². The first kappa shape index (κ1) is 41.3. The number of carbonyl (C=O) groups is 2. The Hall–Kier alpha value is -5.44. The number of fused-ring (bicyclic) bond motifs is 4. The number of nitrogens with zero attached hydrogens (tertiary/aromatic N) is 10. The number of anilines is 3. The molecule has 4 aromatic heterocycles. The molecule has 2 amide bonds. The van der Waals surface area contributed by atoms with Gasteiger partial charge in [0.2, 0.25) is 5.91 Å². The van der Waals surface area contributed by atoms with E-state index in [0.29, 0.717) is 36.5 Å². The van der Waals surface area contributed by atoms with E-state index in [4.69, 9.17) is 14.5 Å². The maximum Gasteiger partial charge on any atom is 0.329 e. The Bertz CT molecular complexity index is 2620. The molecule has 1 aromatic carbocycles. The zero-order chi connectivity index (χ0) is 43.8. The van der Waals surface area contributed by atoms with Gasteiger partial charge in [0, 0.05) is 58.7 Å². The summed E-state index contributed by atoms with van der Waals surface area (Å²) < 4.78 is 47.3. The summed E-state index contributed by atoms with van der Waals surface area (Å²) in [5, 5.41) is 23.7. The molecule has 5 saturated heterocycles. The molecule has 6 fully saturated rings. The van der Waals surface area contributed by atoms with E-state index >= 15 is 0 Å². The summed E-state index contributed by atoms with van der Waals surface area (Å²) in [6.07, 6.45) is 8.63. The van der Waals surface area contributed by atoms with E-state index in [0.717, 1.165) is 101 Å². The third-order valence-corrected chi connectivity index (χ3v) is 14.5. The van der Waals surface area contributed by atoms with E-state index < -0.39 is 30.3 Å². The highest BCUT2D eigenvalue weighted by molar-refractivity contribution is 6.08. The second-order valence-corrected chi connectivity index (χ2v) is 18.6. The smallest absolute Gasteiger partial charge is 0.329 e. The van der Waals surface area contributed by atoms with Gasteiger partial charge >= 0.3 is 5.69 Å². The van der Waals surface area contributed by atoms with Crippen LogP contribution in [0.25, 0.3) is 16.7 Å². The zero-order valence-corrected chi connectivity index (χ0v) is 35.8. The number of nitrogens with one attached hydrogen (secondary N) is 2. The summed E-state index contributed by atoms with van der Waals surface area (Å²) in [4.78, 5) is 51.4. The number of aliphatic hydroxyl groups excluding tert-OH is 1. The monoisotopic (exact) mass is 884 g/mol. The lowest BCUT2D eigenvalue weighted by Crippen LogP contribution is -2.54. The molecule has 2 unspecified atom stereocenters. The highest BCUT2D eigenvalue weighted by Crippen LogP contribution is 2.38. The number of imidazole rings is 1. The zero-order valence-electron chi connectivity index (χ0n) is 35.8. The third kappa shape index (κ3) is 7.50. The fourth-order valence-electron chi connectivity index (χ4n) is 11.1. The van der Waals surface area contributed by atoms with Gasteiger partial charge in [-0.3, -0.25) is 23.4 Å². The van der Waals surface area contributed by atoms with Crippen LogP contribution in [0.5, 0.6) is 0 Å². The number of halogens is 2. The van der Waals surface area contributed by atoms with Crippen LogP contribution in [-0.4, -0.2) is 132 Å². The topological polar surface area (TPSA) is 182 Å². The van der Waals surface area contributed by atoms with Gasteiger partial charge in [-0.05, 0) is 81.9 Å². The summed E-state index contributed by atoms with van der Waals surface area (Å²) in [6.45, 7) is 5.73. The number of amides is 2. The average Bonchev–Trinajstić information content (AvgIpc) is 4.13. The van der Waals surface area contributed by atoms with Crippen LogP contribution in [0.15, 0.2) is 47.7 Å². The molecule has 1 saturated carbocycles. The molecule has 4 atom stereocenters. The Kier molecular flexibility index (Phi) is 10.7. The summed E-state index contributed by atoms with van der Waals surface area (Å²) in [7, 11) is 1.74. The first-order valence-electron chi connectivity index (χ1n) is 22.8. The number of rotatable bonds is 11. The van der Waals surface area contributed by atoms with E-state index in [1.165, 1.54) is 10.7 Å². The normalized spacial score (nSPS) is 27.0. The number of benzene rings is 1. The van der Waals surface area contributed by atoms with Crippen molar-refractivity contribution < 1.29 is 33.0 Å². The van der Waals surface area contributed by atoms with Crippen LogP contribution in [-0.2, 0) is 21.3 Å². The van der Waals surface area contributed by atoms with Gasteiger partial charge in [-0.15, -0.1) is 0 Å². The molecule has 9 heterocycles. The van der Waals surface area contributed by atoms with Crippen molar-refractivity contribution in [3.05, 3.63) is 64.6 Å². The minimum Gasteiger partial charge on any atom is -0.374 e. The first-order chi connectivity index (χ1) is 31.0. The maximum atomic E-state index is 14.3. The van der Waals surface area contributed by atoms with Crippen LogP contribution in [0.1, 0.15) is 92.3 Å². The number of para-hydroxylation sites is 1. The number of carbonyl (C=O) groups excluding carboxylic acids is 2. The predicted molar refractivity (Wildman–Crippen MR) is 231 cm³/mol. The molecule has 1 aliphatic carbocycles. The molecule has 5 aliphatic heterocycles. The largest absolute Gasteiger partial charge is 0.374 e. The van der Waals surface area contributed by atoms with Gasteiger partial charge in [-0.25, -0.2) is 23.1 Å². The number of morpholine rings is 1. The molecule has 20 heteroatoms. The fourth-order valence-corrected chi connectivity index (χ4v) is 11.1. The van der Waals surface area contributed by atoms with Gasteiger partial charge < -0.3 is 39.9 Å². The Morgan fingerprint density at radius 2 is 1.83 bits per heavy atom. The third-order valence-electron chi connectivity index (χ3n) is 14.5. The molecular weight excluding hydrogens is 831 g/mol. The van der Waals surface area contributed by atoms with Crippen LogP contribution >= 0.6 is 0 Å². The average molecular weight is 885 g/mol. The maximum absolute atomic E-state index is 14.3. The molecule has 0 radical (unpaired) electrons. The van der Waals surface area contributed by atoms with Crippen molar-refractivity contribution >= 4 is 45.7 Å². The van der Waals surface area contributed by atoms with Crippen molar-refractivity contribution in [3.63, 3.8) is 0 Å².